The number of fused-ring (bicyclic) bond motifs is 5. The van der Waals surface area contributed by atoms with E-state index in [2.05, 4.69) is 106 Å². The maximum atomic E-state index is 11.4. The summed E-state index contributed by atoms with van der Waals surface area (Å²) < 4.78 is 19.0. The van der Waals surface area contributed by atoms with Crippen LogP contribution >= 0.6 is 23.2 Å². The molecule has 36 nitrogen and oxygen atoms in total. The minimum atomic E-state index is -0.524. The molecule has 22 aromatic rings. The lowest BCUT2D eigenvalue weighted by Crippen LogP contribution is -2.10. The van der Waals surface area contributed by atoms with Gasteiger partial charge in [-0.15, -0.1) is 0 Å². The fourth-order valence-electron chi connectivity index (χ4n) is 16.5. The fraction of sp³-hybridized carbons (Fsp3) is 0.0849. The number of primary amides is 3. The Morgan fingerprint density at radius 3 is 0.993 bits per heavy atom. The van der Waals surface area contributed by atoms with E-state index in [1.807, 2.05) is 141 Å². The minimum Gasteiger partial charge on any atom is -0.504 e. The number of aryl methyl sites for hydroxylation is 5. The van der Waals surface area contributed by atoms with E-state index in [1.165, 1.54) is 4.68 Å². The van der Waals surface area contributed by atoms with Crippen molar-refractivity contribution in [2.45, 2.75) is 6.61 Å². The van der Waals surface area contributed by atoms with Crippen molar-refractivity contribution in [3.63, 3.8) is 0 Å². The summed E-state index contributed by atoms with van der Waals surface area (Å²) >= 11 is 12.1. The number of aliphatic hydroxyl groups is 1. The molecule has 38 heteroatoms. The Balaban J connectivity index is 0.000000119. The summed E-state index contributed by atoms with van der Waals surface area (Å²) in [5.41, 5.74) is 45.1. The summed E-state index contributed by atoms with van der Waals surface area (Å²) in [6.45, 7) is 0.658. The fourth-order valence-corrected chi connectivity index (χ4v) is 16.9. The number of imidazole rings is 5. The zero-order valence-corrected chi connectivity index (χ0v) is 79.1. The van der Waals surface area contributed by atoms with Gasteiger partial charge in [-0.2, -0.15) is 30.8 Å². The van der Waals surface area contributed by atoms with Crippen molar-refractivity contribution >= 4 is 102 Å². The lowest BCUT2D eigenvalue weighted by molar-refractivity contribution is 0.0815. The van der Waals surface area contributed by atoms with Gasteiger partial charge in [0.15, 0.2) is 57.9 Å². The number of benzene rings is 12. The van der Waals surface area contributed by atoms with Crippen LogP contribution in [-0.4, -0.2) is 168 Å². The quantitative estimate of drug-likeness (QED) is 0.0180. The molecular weight excluding hydrogens is 1870 g/mol. The lowest BCUT2D eigenvalue weighted by atomic mass is 10.0. The number of nitrogens with two attached hydrogens (primary N) is 4. The first-order valence-corrected chi connectivity index (χ1v) is 45.2. The molecule has 0 bridgehead atoms. The van der Waals surface area contributed by atoms with Crippen molar-refractivity contribution in [2.24, 2.45) is 58.2 Å². The first-order valence-electron chi connectivity index (χ1n) is 44.4. The van der Waals surface area contributed by atoms with Crippen molar-refractivity contribution in [2.75, 3.05) is 20.3 Å². The number of rotatable bonds is 21. The average molecular weight is 1960 g/mol. The van der Waals surface area contributed by atoms with Gasteiger partial charge in [-0.3, -0.25) is 43.2 Å². The van der Waals surface area contributed by atoms with Gasteiger partial charge < -0.3 is 82.9 Å². The molecule has 0 spiro atoms. The highest BCUT2D eigenvalue weighted by molar-refractivity contribution is 6.31. The van der Waals surface area contributed by atoms with E-state index in [9.17, 15) is 34.8 Å². The third-order valence-corrected chi connectivity index (χ3v) is 24.1. The second kappa shape index (κ2) is 40.5. The summed E-state index contributed by atoms with van der Waals surface area (Å²) in [6, 6.07) is 85.7. The number of carbonyl (C=O) groups is 3. The zero-order chi connectivity index (χ0) is 101. The number of H-pyrrole nitrogens is 5. The number of aliphatic hydroxyl groups excluding tert-OH is 1. The highest BCUT2D eigenvalue weighted by Gasteiger charge is 2.29. The van der Waals surface area contributed by atoms with E-state index in [-0.39, 0.29) is 42.0 Å². The number of aromatic nitrogens is 20. The number of aromatic hydroxyl groups is 4. The van der Waals surface area contributed by atoms with Gasteiger partial charge >= 0.3 is 0 Å². The van der Waals surface area contributed by atoms with Crippen LogP contribution in [-0.2, 0) is 46.6 Å². The molecule has 0 saturated carbocycles. The van der Waals surface area contributed by atoms with E-state index in [4.69, 9.17) is 71.4 Å². The second-order valence-corrected chi connectivity index (χ2v) is 34.0. The van der Waals surface area contributed by atoms with Gasteiger partial charge in [-0.1, -0.05) is 181 Å². The monoisotopic (exact) mass is 1950 g/mol. The summed E-state index contributed by atoms with van der Waals surface area (Å²) in [7, 11) is 10.4. The van der Waals surface area contributed by atoms with Gasteiger partial charge in [0.2, 0.25) is 17.7 Å². The number of halogens is 2. The van der Waals surface area contributed by atoms with Gasteiger partial charge in [0, 0.05) is 95.4 Å². The molecule has 3 amide bonds. The van der Waals surface area contributed by atoms with Crippen LogP contribution in [0.15, 0.2) is 273 Å². The molecule has 22 rings (SSSR count). The Kier molecular flexibility index (Phi) is 26.8. The summed E-state index contributed by atoms with van der Waals surface area (Å²) in [4.78, 5) is 72.7. The number of nitrogen functional groups attached to an aromatic ring is 1. The maximum absolute atomic E-state index is 11.4. The summed E-state index contributed by atoms with van der Waals surface area (Å²) in [5.74, 6) is 1.57. The topological polar surface area (TPSA) is 555 Å². The first-order chi connectivity index (χ1) is 69.5. The molecule has 0 saturated heterocycles. The van der Waals surface area contributed by atoms with E-state index >= 15 is 0 Å². The van der Waals surface area contributed by atoms with E-state index < -0.39 is 17.7 Å². The number of methoxy groups -OCH3 is 1. The van der Waals surface area contributed by atoms with Crippen molar-refractivity contribution in [3.8, 4) is 171 Å². The number of amidine groups is 1. The number of amides is 3. The first kappa shape index (κ1) is 95.2. The Labute approximate surface area is 828 Å². The Morgan fingerprint density at radius 2 is 0.653 bits per heavy atom. The van der Waals surface area contributed by atoms with E-state index in [1.54, 1.807) is 169 Å². The maximum Gasteiger partial charge on any atom is 0.248 e. The molecule has 0 atom stereocenters. The van der Waals surface area contributed by atoms with Crippen LogP contribution in [0.25, 0.3) is 191 Å². The molecule has 144 heavy (non-hydrogen) atoms. The van der Waals surface area contributed by atoms with E-state index in [0.29, 0.717) is 175 Å². The van der Waals surface area contributed by atoms with Gasteiger partial charge in [-0.05, 0) is 143 Å². The molecular formula is C106H88Cl2N26O10. The van der Waals surface area contributed by atoms with Crippen LogP contribution in [0.3, 0.4) is 0 Å². The van der Waals surface area contributed by atoms with E-state index in [0.717, 1.165) is 72.1 Å². The van der Waals surface area contributed by atoms with Crippen molar-refractivity contribution in [1.29, 1.82) is 10.7 Å². The van der Waals surface area contributed by atoms with Gasteiger partial charge in [0.05, 0.1) is 93.7 Å². The predicted molar refractivity (Wildman–Crippen MR) is 551 cm³/mol. The largest absolute Gasteiger partial charge is 0.504 e. The van der Waals surface area contributed by atoms with Gasteiger partial charge in [0.1, 0.15) is 62.8 Å². The molecule has 0 aliphatic rings. The van der Waals surface area contributed by atoms with Gasteiger partial charge in [0.25, 0.3) is 0 Å². The molecule has 0 aliphatic carbocycles. The van der Waals surface area contributed by atoms with Crippen LogP contribution in [0.4, 0.5) is 0 Å². The van der Waals surface area contributed by atoms with Crippen LogP contribution in [0.1, 0.15) is 47.8 Å². The number of hydrogen-bond acceptors (Lipinski definition) is 22. The second-order valence-electron chi connectivity index (χ2n) is 33.1. The number of carbonyl (C=O) groups excluding carboxylic acids is 3. The summed E-state index contributed by atoms with van der Waals surface area (Å²) in [6.07, 6.45) is 0. The number of nitrogens with zero attached hydrogens (tertiary/aromatic N) is 16. The number of aromatic amines is 5. The minimum absolute atomic E-state index is 0.00374. The number of nitriles is 1. The molecule has 10 heterocycles. The highest BCUT2D eigenvalue weighted by Crippen LogP contribution is 2.45. The van der Waals surface area contributed by atoms with Crippen LogP contribution < -0.4 is 27.7 Å². The third kappa shape index (κ3) is 19.6. The molecule has 19 N–H and O–H groups in total. The van der Waals surface area contributed by atoms with Crippen molar-refractivity contribution in [3.05, 3.63) is 316 Å². The van der Waals surface area contributed by atoms with Crippen molar-refractivity contribution < 1.29 is 49.4 Å². The molecule has 10 aromatic heterocycles. The summed E-state index contributed by atoms with van der Waals surface area (Å²) in [5, 5.41) is 92.6. The molecule has 0 radical (unpaired) electrons. The van der Waals surface area contributed by atoms with Crippen LogP contribution in [0, 0.1) is 16.7 Å². The molecule has 716 valence electrons. The number of ether oxygens (including phenoxy) is 2. The predicted octanol–water partition coefficient (Wildman–Crippen LogP) is 17.6. The molecule has 12 aromatic carbocycles. The molecule has 0 aliphatic heterocycles. The normalized spacial score (nSPS) is 11.1. The SMILES string of the molecule is COc1c(-c2cccc(Cl)c2)nn(C)c1-c1nc2ccc(C(N)=O)cc2[nH]1.Cn1nc(-c2ccc(-c3ccccc3)cc2)c(O)c1-c1nc2ccc(C#N)cc2[nH]1.Cn1nc(-c2ccc(-c3ccccc3)cc2)c(O)c1-c1nc2ccc(C(=N)N)cc2[nH]1.Cn1nc(-c2ccc(COCCO)cc2)c(O)c1-c1nc2ccc(C(N)=O)cc2[nH]1.Cn1nc(-c2cccc(Cl)c2)c(O)c1-c1nc2ccc(C(N)=O)cc2[nH]1. The van der Waals surface area contributed by atoms with Crippen LogP contribution in [0.5, 0.6) is 28.7 Å². The Bertz CT molecular complexity index is 8700. The van der Waals surface area contributed by atoms with Crippen LogP contribution in [0.2, 0.25) is 10.0 Å². The average Bonchev–Trinajstić information content (AvgIpc) is 1.63. The zero-order valence-electron chi connectivity index (χ0n) is 77.6. The number of nitrogens with one attached hydrogen (secondary N) is 6. The third-order valence-electron chi connectivity index (χ3n) is 23.6. The molecule has 0 unspecified atom stereocenters. The Morgan fingerprint density at radius 1 is 0.361 bits per heavy atom. The number of hydrogen-bond donors (Lipinski definition) is 15. The standard InChI is InChI=1S/C24H20N6O.C24H17N5O.C21H21N5O4.C19H16ClN5O2.C18H14ClN5O2/c1-30-21(24-27-18-12-11-17(23(25)26)13-19(18)28-24)22(31)20(29-30)16-9-7-15(8-10-16)14-5-3-2-4-6-14;1-29-22(24-26-19-12-7-15(14-25)13-20(19)27-24)23(30)21(28-29)18-10-8-17(9-11-18)16-5-3-2-4-6-16;1-26-18(21-23-15-7-6-14(20(22)29)10-16(15)24-21)19(28)17(25-26)13-4-2-12(3-5-13)11-30-9-8-27;1-25-16(17(27-2)15(24-25)10-4-3-5-12(20)8-10)19-22-13-7-6-11(18(21)26)9-14(13)23-19;1-24-15(16(25)14(23-24)9-3-2-4-11(19)7-9)18-21-12-6-5-10(17(20)26)8-13(12)22-18/h2-13,31H,1H3,(H3,25,26)(H,27,28);2-13,30H,1H3,(H,26,27);2-7,10,27-28H,8-9,11H2,1H3,(H2,22,29)(H,23,24);3-9H,1-2H3,(H2,21,26)(H,22,23);2-8,25H,1H3,(H2,20,26)(H,21,22). The molecule has 0 fully saturated rings. The smallest absolute Gasteiger partial charge is 0.248 e. The van der Waals surface area contributed by atoms with Gasteiger partial charge in [-0.25, -0.2) is 24.9 Å². The highest BCUT2D eigenvalue weighted by atomic mass is 35.5. The van der Waals surface area contributed by atoms with Crippen molar-refractivity contribution in [1.82, 2.24) is 98.7 Å². The Hall–Kier alpha value is -19.1. The lowest BCUT2D eigenvalue weighted by Gasteiger charge is -2.04.